The number of hydrogen-bond donors (Lipinski definition) is 0. The van der Waals surface area contributed by atoms with Gasteiger partial charge in [0.25, 0.3) is 0 Å². The second-order valence-electron chi connectivity index (χ2n) is 1.34. The molecule has 0 bridgehead atoms. The Morgan fingerprint density at radius 2 is 2.33 bits per heavy atom. The van der Waals surface area contributed by atoms with Crippen molar-refractivity contribution in [1.29, 1.82) is 0 Å². The van der Waals surface area contributed by atoms with Crippen molar-refractivity contribution in [2.45, 2.75) is 6.92 Å². The zero-order valence-electron chi connectivity index (χ0n) is 4.86. The lowest BCUT2D eigenvalue weighted by Crippen LogP contribution is -1.99. The monoisotopic (exact) mass is 256 g/mol. The van der Waals surface area contributed by atoms with E-state index in [1.807, 2.05) is 0 Å². The SMILES string of the molecule is CC(=O)OCC(Br)=CBr. The predicted octanol–water partition coefficient (Wildman–Crippen LogP) is 2.18. The van der Waals surface area contributed by atoms with Crippen LogP contribution in [0.3, 0.4) is 0 Å². The normalized spacial score (nSPS) is 11.2. The molecule has 0 heterocycles. The molecule has 0 aromatic rings. The van der Waals surface area contributed by atoms with E-state index in [1.165, 1.54) is 6.92 Å². The summed E-state index contributed by atoms with van der Waals surface area (Å²) in [5, 5.41) is 0. The van der Waals surface area contributed by atoms with Crippen molar-refractivity contribution < 1.29 is 9.53 Å². The summed E-state index contributed by atoms with van der Waals surface area (Å²) in [4.78, 5) is 11.8. The summed E-state index contributed by atoms with van der Waals surface area (Å²) in [5.74, 6) is -0.277. The van der Waals surface area contributed by atoms with Gasteiger partial charge in [-0.1, -0.05) is 31.9 Å². The predicted molar refractivity (Wildman–Crippen MR) is 42.6 cm³/mol. The van der Waals surface area contributed by atoms with Crippen molar-refractivity contribution >= 4 is 37.8 Å². The van der Waals surface area contributed by atoms with Crippen LogP contribution in [0, 0.1) is 0 Å². The van der Waals surface area contributed by atoms with E-state index in [0.29, 0.717) is 6.61 Å². The largest absolute Gasteiger partial charge is 0.460 e. The van der Waals surface area contributed by atoms with Crippen LogP contribution in [0.2, 0.25) is 0 Å². The van der Waals surface area contributed by atoms with Gasteiger partial charge >= 0.3 is 5.97 Å². The first kappa shape index (κ1) is 9.17. The maximum absolute atomic E-state index is 10.2. The number of halogens is 2. The molecule has 0 aromatic carbocycles. The lowest BCUT2D eigenvalue weighted by Gasteiger charge is -1.96. The molecular formula is C5H6Br2O2. The van der Waals surface area contributed by atoms with Crippen LogP contribution in [0.15, 0.2) is 9.47 Å². The number of carbonyl (C=O) groups excluding carboxylic acids is 1. The number of hydrogen-bond acceptors (Lipinski definition) is 2. The molecule has 52 valence electrons. The van der Waals surface area contributed by atoms with Gasteiger partial charge in [0.15, 0.2) is 0 Å². The van der Waals surface area contributed by atoms with E-state index in [4.69, 9.17) is 0 Å². The fourth-order valence-corrected chi connectivity index (χ4v) is 0.449. The maximum atomic E-state index is 10.2. The molecule has 0 aliphatic heterocycles. The summed E-state index contributed by atoms with van der Waals surface area (Å²) in [5.41, 5.74) is 0. The molecule has 0 radical (unpaired) electrons. The summed E-state index contributed by atoms with van der Waals surface area (Å²) in [6.45, 7) is 1.66. The van der Waals surface area contributed by atoms with Gasteiger partial charge in [0.2, 0.25) is 0 Å². The third kappa shape index (κ3) is 6.05. The molecular weight excluding hydrogens is 252 g/mol. The van der Waals surface area contributed by atoms with E-state index >= 15 is 0 Å². The first-order valence-electron chi connectivity index (χ1n) is 2.25. The molecule has 0 aliphatic rings. The highest BCUT2D eigenvalue weighted by molar-refractivity contribution is 9.14. The van der Waals surface area contributed by atoms with Gasteiger partial charge in [-0.3, -0.25) is 4.79 Å². The summed E-state index contributed by atoms with van der Waals surface area (Å²) >= 11 is 6.21. The average Bonchev–Trinajstić information content (AvgIpc) is 1.83. The highest BCUT2D eigenvalue weighted by Gasteiger charge is 1.93. The third-order valence-corrected chi connectivity index (χ3v) is 2.16. The maximum Gasteiger partial charge on any atom is 0.302 e. The van der Waals surface area contributed by atoms with Crippen molar-refractivity contribution in [2.75, 3.05) is 6.61 Å². The van der Waals surface area contributed by atoms with Crippen molar-refractivity contribution in [3.8, 4) is 0 Å². The highest BCUT2D eigenvalue weighted by atomic mass is 79.9. The first-order chi connectivity index (χ1) is 4.16. The molecule has 0 N–H and O–H groups in total. The molecule has 0 fully saturated rings. The summed E-state index contributed by atoms with van der Waals surface area (Å²) in [7, 11) is 0. The highest BCUT2D eigenvalue weighted by Crippen LogP contribution is 2.07. The van der Waals surface area contributed by atoms with Gasteiger partial charge in [-0.15, -0.1) is 0 Å². The Kier molecular flexibility index (Phi) is 5.09. The Morgan fingerprint density at radius 1 is 1.78 bits per heavy atom. The van der Waals surface area contributed by atoms with Crippen LogP contribution in [0.4, 0.5) is 0 Å². The van der Waals surface area contributed by atoms with Crippen LogP contribution in [0.25, 0.3) is 0 Å². The van der Waals surface area contributed by atoms with Crippen LogP contribution in [0.5, 0.6) is 0 Å². The van der Waals surface area contributed by atoms with Gasteiger partial charge in [0.1, 0.15) is 6.61 Å². The van der Waals surface area contributed by atoms with Crippen molar-refractivity contribution in [3.05, 3.63) is 9.47 Å². The zero-order valence-corrected chi connectivity index (χ0v) is 8.03. The quantitative estimate of drug-likeness (QED) is 0.709. The second-order valence-corrected chi connectivity index (χ2v) is 2.81. The fraction of sp³-hybridized carbons (Fsp3) is 0.400. The first-order valence-corrected chi connectivity index (χ1v) is 3.96. The standard InChI is InChI=1S/C5H6Br2O2/c1-4(8)9-3-5(7)2-6/h2H,3H2,1H3. The van der Waals surface area contributed by atoms with Crippen LogP contribution in [0.1, 0.15) is 6.92 Å². The van der Waals surface area contributed by atoms with Crippen molar-refractivity contribution in [2.24, 2.45) is 0 Å². The lowest BCUT2D eigenvalue weighted by molar-refractivity contribution is -0.139. The topological polar surface area (TPSA) is 26.3 Å². The van der Waals surface area contributed by atoms with Gasteiger partial charge < -0.3 is 4.74 Å². The molecule has 2 nitrogen and oxygen atoms in total. The van der Waals surface area contributed by atoms with Crippen LogP contribution in [-0.2, 0) is 9.53 Å². The lowest BCUT2D eigenvalue weighted by atomic mass is 10.7. The minimum atomic E-state index is -0.277. The van der Waals surface area contributed by atoms with E-state index in [2.05, 4.69) is 36.6 Å². The van der Waals surface area contributed by atoms with E-state index in [0.717, 1.165) is 4.48 Å². The molecule has 0 aliphatic carbocycles. The molecule has 0 rings (SSSR count). The minimum absolute atomic E-state index is 0.277. The van der Waals surface area contributed by atoms with E-state index < -0.39 is 0 Å². The number of rotatable bonds is 2. The van der Waals surface area contributed by atoms with E-state index in [1.54, 1.807) is 4.99 Å². The molecule has 0 spiro atoms. The smallest absolute Gasteiger partial charge is 0.302 e. The number of carbonyl (C=O) groups is 1. The Labute approximate surface area is 70.5 Å². The Hall–Kier alpha value is 0.170. The Morgan fingerprint density at radius 3 is 2.67 bits per heavy atom. The number of ether oxygens (including phenoxy) is 1. The van der Waals surface area contributed by atoms with Gasteiger partial charge in [0.05, 0.1) is 0 Å². The Bertz CT molecular complexity index is 131. The van der Waals surface area contributed by atoms with Gasteiger partial charge in [-0.2, -0.15) is 0 Å². The number of esters is 1. The van der Waals surface area contributed by atoms with Gasteiger partial charge in [-0.05, 0) is 4.99 Å². The average molecular weight is 258 g/mol. The molecule has 0 saturated heterocycles. The molecule has 0 amide bonds. The van der Waals surface area contributed by atoms with Gasteiger partial charge in [-0.25, -0.2) is 0 Å². The molecule has 9 heavy (non-hydrogen) atoms. The van der Waals surface area contributed by atoms with Gasteiger partial charge in [0, 0.05) is 11.4 Å². The van der Waals surface area contributed by atoms with Crippen LogP contribution >= 0.6 is 31.9 Å². The molecule has 0 atom stereocenters. The second kappa shape index (κ2) is 4.99. The summed E-state index contributed by atoms with van der Waals surface area (Å²) in [6.07, 6.45) is 0. The summed E-state index contributed by atoms with van der Waals surface area (Å²) in [6, 6.07) is 0. The van der Waals surface area contributed by atoms with Crippen LogP contribution < -0.4 is 0 Å². The van der Waals surface area contributed by atoms with Crippen LogP contribution in [-0.4, -0.2) is 12.6 Å². The Balaban J connectivity index is 3.39. The van der Waals surface area contributed by atoms with E-state index in [9.17, 15) is 4.79 Å². The van der Waals surface area contributed by atoms with Crippen molar-refractivity contribution in [1.82, 2.24) is 0 Å². The third-order valence-electron chi connectivity index (χ3n) is 0.532. The minimum Gasteiger partial charge on any atom is -0.460 e. The molecule has 0 aromatic heterocycles. The molecule has 0 saturated carbocycles. The van der Waals surface area contributed by atoms with E-state index in [-0.39, 0.29) is 5.97 Å². The van der Waals surface area contributed by atoms with Crippen molar-refractivity contribution in [3.63, 3.8) is 0 Å². The summed E-state index contributed by atoms with van der Waals surface area (Å²) < 4.78 is 5.41. The zero-order chi connectivity index (χ0) is 7.28. The molecule has 4 heteroatoms. The fourth-order valence-electron chi connectivity index (χ4n) is 0.202. The molecule has 0 unspecified atom stereocenters.